The summed E-state index contributed by atoms with van der Waals surface area (Å²) in [7, 11) is -4.36. The fourth-order valence-electron chi connectivity index (χ4n) is 2.87. The number of nitrogens with one attached hydrogen (secondary N) is 1. The normalized spacial score (nSPS) is 12.2. The van der Waals surface area contributed by atoms with E-state index < -0.39 is 31.7 Å². The number of thiazole rings is 1. The molecule has 1 heterocycles. The summed E-state index contributed by atoms with van der Waals surface area (Å²) in [5, 5.41) is -0.449. The van der Waals surface area contributed by atoms with E-state index in [1.54, 1.807) is 18.2 Å². The number of ether oxygens (including phenoxy) is 1. The molecule has 3 N–H and O–H groups in total. The minimum absolute atomic E-state index is 0.0332. The lowest BCUT2D eigenvalue weighted by molar-refractivity contribution is -0.137. The fourth-order valence-corrected chi connectivity index (χ4v) is 5.89. The van der Waals surface area contributed by atoms with E-state index in [2.05, 4.69) is 9.71 Å². The van der Waals surface area contributed by atoms with Crippen molar-refractivity contribution in [1.82, 2.24) is 4.98 Å². The Morgan fingerprint density at radius 2 is 1.65 bits per heavy atom. The highest BCUT2D eigenvalue weighted by molar-refractivity contribution is 7.92. The predicted octanol–water partition coefficient (Wildman–Crippen LogP) is 7.45. The minimum Gasteiger partial charge on any atom is -0.428 e. The smallest absolute Gasteiger partial charge is 0.416 e. The number of fused-ring (bicyclic) bond motifs is 1. The maximum absolute atomic E-state index is 12.8. The van der Waals surface area contributed by atoms with Crippen LogP contribution in [0, 0.1) is 0 Å². The van der Waals surface area contributed by atoms with Gasteiger partial charge in [-0.05, 0) is 48.5 Å². The summed E-state index contributed by atoms with van der Waals surface area (Å²) in [6.45, 7) is 0. The van der Waals surface area contributed by atoms with Gasteiger partial charge in [-0.25, -0.2) is 13.4 Å². The van der Waals surface area contributed by atoms with Gasteiger partial charge >= 0.3 is 6.18 Å². The van der Waals surface area contributed by atoms with E-state index in [-0.39, 0.29) is 26.7 Å². The number of halogens is 6. The molecule has 0 fully saturated rings. The molecule has 0 amide bonds. The van der Waals surface area contributed by atoms with Gasteiger partial charge in [0.05, 0.1) is 36.5 Å². The van der Waals surface area contributed by atoms with Crippen molar-refractivity contribution in [3.8, 4) is 10.9 Å². The molecule has 3 aromatic carbocycles. The maximum atomic E-state index is 12.8. The van der Waals surface area contributed by atoms with E-state index >= 15 is 0 Å². The summed E-state index contributed by atoms with van der Waals surface area (Å²) < 4.78 is 72.5. The Morgan fingerprint density at radius 3 is 2.26 bits per heavy atom. The quantitative estimate of drug-likeness (QED) is 0.244. The molecule has 6 nitrogen and oxygen atoms in total. The highest BCUT2D eigenvalue weighted by atomic mass is 35.5. The lowest BCUT2D eigenvalue weighted by atomic mass is 10.2. The monoisotopic (exact) mass is 567 g/mol. The predicted molar refractivity (Wildman–Crippen MR) is 128 cm³/mol. The van der Waals surface area contributed by atoms with E-state index in [0.29, 0.717) is 23.3 Å². The van der Waals surface area contributed by atoms with Gasteiger partial charge in [-0.2, -0.15) is 13.2 Å². The van der Waals surface area contributed by atoms with Gasteiger partial charge < -0.3 is 10.5 Å². The third kappa shape index (κ3) is 5.13. The molecule has 0 aliphatic carbocycles. The van der Waals surface area contributed by atoms with Crippen molar-refractivity contribution >= 4 is 77.8 Å². The molecule has 34 heavy (non-hydrogen) atoms. The zero-order valence-corrected chi connectivity index (χ0v) is 20.4. The first-order valence-corrected chi connectivity index (χ1v) is 12.5. The first-order valence-electron chi connectivity index (χ1n) is 9.06. The SMILES string of the molecule is Nc1ccc2nc(Oc3c(Cl)cc(NS(=O)(=O)c4ccc(C(F)(F)F)cc4Cl)cc3Cl)sc2c1. The van der Waals surface area contributed by atoms with E-state index in [1.165, 1.54) is 23.5 Å². The molecule has 0 unspecified atom stereocenters. The first-order chi connectivity index (χ1) is 15.8. The molecule has 0 saturated carbocycles. The van der Waals surface area contributed by atoms with Crippen LogP contribution in [0.1, 0.15) is 5.56 Å². The number of benzene rings is 3. The van der Waals surface area contributed by atoms with Gasteiger partial charge in [0.2, 0.25) is 0 Å². The summed E-state index contributed by atoms with van der Waals surface area (Å²) in [6, 6.07) is 9.49. The Hall–Kier alpha value is -2.44. The van der Waals surface area contributed by atoms with Crippen LogP contribution in [0.4, 0.5) is 24.5 Å². The summed E-state index contributed by atoms with van der Waals surface area (Å²) in [6.07, 6.45) is -4.67. The van der Waals surface area contributed by atoms with Gasteiger partial charge in [0.1, 0.15) is 4.90 Å². The third-order valence-corrected chi connectivity index (χ3v) is 7.70. The summed E-state index contributed by atoms with van der Waals surface area (Å²) in [5.74, 6) is 0.0332. The lowest BCUT2D eigenvalue weighted by Crippen LogP contribution is -2.14. The molecule has 178 valence electrons. The molecule has 0 spiro atoms. The van der Waals surface area contributed by atoms with Crippen LogP contribution in [0.2, 0.25) is 15.1 Å². The lowest BCUT2D eigenvalue weighted by Gasteiger charge is -2.14. The average Bonchev–Trinajstić information content (AvgIpc) is 3.11. The molecule has 0 atom stereocenters. The van der Waals surface area contributed by atoms with Crippen LogP contribution in [-0.4, -0.2) is 13.4 Å². The Labute approximate surface area is 210 Å². The van der Waals surface area contributed by atoms with Crippen LogP contribution in [0.25, 0.3) is 10.2 Å². The number of hydrogen-bond acceptors (Lipinski definition) is 6. The van der Waals surface area contributed by atoms with Gasteiger partial charge in [-0.1, -0.05) is 46.1 Å². The number of sulfonamides is 1. The van der Waals surface area contributed by atoms with Crippen molar-refractivity contribution < 1.29 is 26.3 Å². The average molecular weight is 569 g/mol. The molecule has 4 rings (SSSR count). The zero-order chi connectivity index (χ0) is 24.8. The standard InChI is InChI=1S/C20H11Cl3F3N3O3S2/c21-12-5-9(20(24,25)26)1-4-17(12)34(30,31)29-11-7-13(22)18(14(23)8-11)32-19-28-15-3-2-10(27)6-16(15)33-19/h1-8,29H,27H2. The number of nitrogen functional groups attached to an aromatic ring is 1. The molecule has 14 heteroatoms. The second-order valence-electron chi connectivity index (χ2n) is 6.83. The molecular weight excluding hydrogens is 558 g/mol. The molecular formula is C20H11Cl3F3N3O3S2. The van der Waals surface area contributed by atoms with Crippen LogP contribution in [0.15, 0.2) is 53.4 Å². The minimum atomic E-state index is -4.67. The van der Waals surface area contributed by atoms with E-state index in [9.17, 15) is 21.6 Å². The molecule has 0 radical (unpaired) electrons. The number of alkyl halides is 3. The van der Waals surface area contributed by atoms with Gasteiger partial charge in [0.15, 0.2) is 5.75 Å². The Morgan fingerprint density at radius 1 is 0.971 bits per heavy atom. The number of aromatic nitrogens is 1. The van der Waals surface area contributed by atoms with Crippen LogP contribution in [-0.2, 0) is 16.2 Å². The summed E-state index contributed by atoms with van der Waals surface area (Å²) in [4.78, 5) is 3.75. The number of nitrogens with zero attached hydrogens (tertiary/aromatic N) is 1. The Balaban J connectivity index is 1.60. The molecule has 1 aromatic heterocycles. The number of anilines is 2. The highest BCUT2D eigenvalue weighted by Crippen LogP contribution is 2.42. The van der Waals surface area contributed by atoms with E-state index in [4.69, 9.17) is 45.3 Å². The van der Waals surface area contributed by atoms with Crippen molar-refractivity contribution in [1.29, 1.82) is 0 Å². The molecule has 0 aliphatic rings. The second kappa shape index (κ2) is 8.97. The maximum Gasteiger partial charge on any atom is 0.416 e. The number of nitrogens with two attached hydrogens (primary N) is 1. The van der Waals surface area contributed by atoms with Crippen LogP contribution < -0.4 is 15.2 Å². The van der Waals surface area contributed by atoms with Gasteiger partial charge in [0.25, 0.3) is 15.2 Å². The first kappa shape index (κ1) is 24.7. The summed E-state index contributed by atoms with van der Waals surface area (Å²) in [5.41, 5.74) is 5.83. The number of hydrogen-bond donors (Lipinski definition) is 2. The van der Waals surface area contributed by atoms with Crippen molar-refractivity contribution in [2.45, 2.75) is 11.1 Å². The zero-order valence-electron chi connectivity index (χ0n) is 16.5. The fraction of sp³-hybridized carbons (Fsp3) is 0.0500. The number of rotatable bonds is 5. The van der Waals surface area contributed by atoms with Crippen LogP contribution >= 0.6 is 46.1 Å². The molecule has 4 aromatic rings. The topological polar surface area (TPSA) is 94.3 Å². The molecule has 0 saturated heterocycles. The Kier molecular flexibility index (Phi) is 6.51. The van der Waals surface area contributed by atoms with Crippen molar-refractivity contribution in [2.24, 2.45) is 0 Å². The second-order valence-corrected chi connectivity index (χ2v) is 10.7. The van der Waals surface area contributed by atoms with Gasteiger partial charge in [-0.15, -0.1) is 0 Å². The van der Waals surface area contributed by atoms with Crippen molar-refractivity contribution in [2.75, 3.05) is 10.5 Å². The third-order valence-electron chi connectivity index (χ3n) is 4.38. The van der Waals surface area contributed by atoms with E-state index in [0.717, 1.165) is 10.8 Å². The van der Waals surface area contributed by atoms with Gasteiger partial charge in [0, 0.05) is 5.69 Å². The Bertz CT molecular complexity index is 1500. The molecule has 0 bridgehead atoms. The summed E-state index contributed by atoms with van der Waals surface area (Å²) >= 11 is 19.5. The molecule has 0 aliphatic heterocycles. The van der Waals surface area contributed by atoms with E-state index in [1.807, 2.05) is 0 Å². The van der Waals surface area contributed by atoms with Gasteiger partial charge in [-0.3, -0.25) is 4.72 Å². The largest absolute Gasteiger partial charge is 0.428 e. The van der Waals surface area contributed by atoms with Crippen molar-refractivity contribution in [3.63, 3.8) is 0 Å². The van der Waals surface area contributed by atoms with Crippen LogP contribution in [0.5, 0.6) is 10.9 Å². The highest BCUT2D eigenvalue weighted by Gasteiger charge is 2.32. The van der Waals surface area contributed by atoms with Crippen molar-refractivity contribution in [3.05, 3.63) is 69.2 Å². The van der Waals surface area contributed by atoms with Crippen LogP contribution in [0.3, 0.4) is 0 Å².